The van der Waals surface area contributed by atoms with Gasteiger partial charge in [-0.2, -0.15) is 0 Å². The first-order valence-electron chi connectivity index (χ1n) is 8.00. The smallest absolute Gasteiger partial charge is 0.293 e. The van der Waals surface area contributed by atoms with Crippen molar-refractivity contribution in [2.75, 3.05) is 6.79 Å². The van der Waals surface area contributed by atoms with Crippen LogP contribution in [0.3, 0.4) is 0 Å². The van der Waals surface area contributed by atoms with Crippen molar-refractivity contribution < 1.29 is 24.0 Å². The van der Waals surface area contributed by atoms with Gasteiger partial charge in [-0.05, 0) is 35.0 Å². The Kier molecular flexibility index (Phi) is 4.70. The van der Waals surface area contributed by atoms with Crippen LogP contribution in [0.2, 0.25) is 5.02 Å². The number of benzene rings is 2. The molecule has 8 nitrogen and oxygen atoms in total. The fourth-order valence-corrected chi connectivity index (χ4v) is 3.81. The molecule has 2 aromatic rings. The molecule has 0 spiro atoms. The molecule has 0 N–H and O–H groups in total. The molecule has 2 heterocycles. The van der Waals surface area contributed by atoms with E-state index >= 15 is 0 Å². The van der Waals surface area contributed by atoms with E-state index < -0.39 is 16.1 Å². The topological polar surface area (TPSA) is 99.0 Å². The van der Waals surface area contributed by atoms with E-state index in [1.807, 2.05) is 0 Å². The van der Waals surface area contributed by atoms with Gasteiger partial charge in [0.05, 0.1) is 21.4 Å². The average Bonchev–Trinajstić information content (AvgIpc) is 3.21. The summed E-state index contributed by atoms with van der Waals surface area (Å²) in [6, 6.07) is 9.03. The Labute approximate surface area is 167 Å². The van der Waals surface area contributed by atoms with E-state index in [9.17, 15) is 19.7 Å². The number of carbonyl (C=O) groups excluding carboxylic acids is 2. The largest absolute Gasteiger partial charge is 0.454 e. The van der Waals surface area contributed by atoms with Gasteiger partial charge in [0.15, 0.2) is 11.5 Å². The van der Waals surface area contributed by atoms with Gasteiger partial charge in [0, 0.05) is 18.2 Å². The van der Waals surface area contributed by atoms with Crippen LogP contribution >= 0.6 is 23.4 Å². The number of ether oxygens (including phenoxy) is 2. The van der Waals surface area contributed by atoms with Crippen LogP contribution in [0, 0.1) is 10.1 Å². The number of rotatable bonds is 4. The van der Waals surface area contributed by atoms with Crippen LogP contribution < -0.4 is 9.47 Å². The van der Waals surface area contributed by atoms with Crippen LogP contribution in [0.25, 0.3) is 6.08 Å². The van der Waals surface area contributed by atoms with Gasteiger partial charge in [0.1, 0.15) is 0 Å². The van der Waals surface area contributed by atoms with E-state index in [0.29, 0.717) is 27.6 Å². The molecule has 0 radical (unpaired) electrons. The van der Waals surface area contributed by atoms with Crippen LogP contribution in [0.4, 0.5) is 10.5 Å². The molecule has 1 saturated heterocycles. The minimum Gasteiger partial charge on any atom is -0.454 e. The number of nitro groups is 1. The minimum absolute atomic E-state index is 0.0570. The van der Waals surface area contributed by atoms with Crippen LogP contribution in [-0.2, 0) is 11.3 Å². The van der Waals surface area contributed by atoms with E-state index in [4.69, 9.17) is 21.1 Å². The summed E-state index contributed by atoms with van der Waals surface area (Å²) in [5.41, 5.74) is 0.901. The predicted octanol–water partition coefficient (Wildman–Crippen LogP) is 4.21. The Balaban J connectivity index is 1.58. The van der Waals surface area contributed by atoms with Gasteiger partial charge >= 0.3 is 0 Å². The van der Waals surface area contributed by atoms with Gasteiger partial charge in [-0.15, -0.1) is 0 Å². The third kappa shape index (κ3) is 3.41. The van der Waals surface area contributed by atoms with Crippen molar-refractivity contribution in [1.29, 1.82) is 0 Å². The molecule has 10 heteroatoms. The Morgan fingerprint density at radius 2 is 1.96 bits per heavy atom. The molecule has 0 aliphatic carbocycles. The lowest BCUT2D eigenvalue weighted by Crippen LogP contribution is -2.27. The predicted molar refractivity (Wildman–Crippen MR) is 102 cm³/mol. The van der Waals surface area contributed by atoms with Gasteiger partial charge in [-0.25, -0.2) is 0 Å². The van der Waals surface area contributed by atoms with Crippen molar-refractivity contribution >= 4 is 46.3 Å². The van der Waals surface area contributed by atoms with Gasteiger partial charge in [-0.1, -0.05) is 23.7 Å². The fourth-order valence-electron chi connectivity index (χ4n) is 2.77. The highest BCUT2D eigenvalue weighted by molar-refractivity contribution is 8.18. The molecular formula is C18H11ClN2O6S. The number of nitrogens with zero attached hydrogens (tertiary/aromatic N) is 2. The number of nitro benzene ring substituents is 1. The zero-order valence-corrected chi connectivity index (χ0v) is 15.7. The minimum atomic E-state index is -0.529. The molecular weight excluding hydrogens is 408 g/mol. The summed E-state index contributed by atoms with van der Waals surface area (Å²) < 4.78 is 10.5. The summed E-state index contributed by atoms with van der Waals surface area (Å²) in [6.07, 6.45) is 1.52. The number of carbonyl (C=O) groups is 2. The number of hydrogen-bond donors (Lipinski definition) is 0. The van der Waals surface area contributed by atoms with Crippen LogP contribution in [0.5, 0.6) is 11.5 Å². The summed E-state index contributed by atoms with van der Waals surface area (Å²) in [4.78, 5) is 36.6. The number of imide groups is 1. The van der Waals surface area contributed by atoms with E-state index in [0.717, 1.165) is 16.7 Å². The lowest BCUT2D eigenvalue weighted by molar-refractivity contribution is -0.384. The third-order valence-corrected chi connectivity index (χ3v) is 5.35. The molecule has 2 aliphatic rings. The number of hydrogen-bond acceptors (Lipinski definition) is 7. The van der Waals surface area contributed by atoms with Gasteiger partial charge in [0.2, 0.25) is 6.79 Å². The summed E-state index contributed by atoms with van der Waals surface area (Å²) in [5, 5.41) is 10.8. The quantitative estimate of drug-likeness (QED) is 0.416. The normalized spacial score (nSPS) is 16.9. The van der Waals surface area contributed by atoms with Gasteiger partial charge < -0.3 is 9.47 Å². The van der Waals surface area contributed by atoms with E-state index in [1.54, 1.807) is 18.2 Å². The molecule has 0 aromatic heterocycles. The molecule has 0 saturated carbocycles. The number of thioether (sulfide) groups is 1. The molecule has 142 valence electrons. The Morgan fingerprint density at radius 1 is 1.21 bits per heavy atom. The average molecular weight is 419 g/mol. The second-order valence-corrected chi connectivity index (χ2v) is 7.32. The highest BCUT2D eigenvalue weighted by Crippen LogP contribution is 2.40. The number of fused-ring (bicyclic) bond motifs is 1. The first-order chi connectivity index (χ1) is 13.4. The molecule has 2 aromatic carbocycles. The van der Waals surface area contributed by atoms with Crippen molar-refractivity contribution in [3.05, 3.63) is 67.6 Å². The Bertz CT molecular complexity index is 1050. The van der Waals surface area contributed by atoms with E-state index in [-0.39, 0.29) is 23.9 Å². The van der Waals surface area contributed by atoms with Crippen molar-refractivity contribution in [2.45, 2.75) is 6.54 Å². The summed E-state index contributed by atoms with van der Waals surface area (Å²) in [6.45, 7) is 0.0351. The second-order valence-electron chi connectivity index (χ2n) is 5.92. The van der Waals surface area contributed by atoms with Crippen LogP contribution in [0.1, 0.15) is 11.1 Å². The Morgan fingerprint density at radius 3 is 2.71 bits per heavy atom. The first-order valence-corrected chi connectivity index (χ1v) is 9.19. The second kappa shape index (κ2) is 7.17. The first kappa shape index (κ1) is 18.3. The molecule has 2 aliphatic heterocycles. The number of non-ortho nitro benzene ring substituents is 1. The van der Waals surface area contributed by atoms with Crippen molar-refractivity contribution in [2.24, 2.45) is 0 Å². The van der Waals surface area contributed by atoms with Crippen molar-refractivity contribution in [3.8, 4) is 11.5 Å². The van der Waals surface area contributed by atoms with E-state index in [2.05, 4.69) is 0 Å². The lowest BCUT2D eigenvalue weighted by atomic mass is 10.1. The summed E-state index contributed by atoms with van der Waals surface area (Å²) in [5.74, 6) is 0.530. The number of amides is 2. The molecule has 4 rings (SSSR count). The standard InChI is InChI=1S/C18H11ClN2O6S/c19-13-7-15-14(26-9-27-15)5-11(13)6-16-17(22)20(18(23)28-16)8-10-2-1-3-12(4-10)21(24)25/h1-7H,8-9H2/b16-6+. The fraction of sp³-hybridized carbons (Fsp3) is 0.111. The highest BCUT2D eigenvalue weighted by atomic mass is 35.5. The van der Waals surface area contributed by atoms with Crippen molar-refractivity contribution in [3.63, 3.8) is 0 Å². The maximum absolute atomic E-state index is 12.7. The zero-order chi connectivity index (χ0) is 19.8. The molecule has 1 fully saturated rings. The van der Waals surface area contributed by atoms with E-state index in [1.165, 1.54) is 24.3 Å². The summed E-state index contributed by atoms with van der Waals surface area (Å²) >= 11 is 7.00. The third-order valence-electron chi connectivity index (χ3n) is 4.11. The van der Waals surface area contributed by atoms with Crippen LogP contribution in [-0.4, -0.2) is 27.8 Å². The van der Waals surface area contributed by atoms with Crippen molar-refractivity contribution in [1.82, 2.24) is 4.90 Å². The Hall–Kier alpha value is -3.04. The number of halogens is 1. The molecule has 0 atom stereocenters. The monoisotopic (exact) mass is 418 g/mol. The molecule has 28 heavy (non-hydrogen) atoms. The summed E-state index contributed by atoms with van der Waals surface area (Å²) in [7, 11) is 0. The van der Waals surface area contributed by atoms with Crippen LogP contribution in [0.15, 0.2) is 41.3 Å². The SMILES string of the molecule is O=C1S/C(=C/c2cc3c(cc2Cl)OCO3)C(=O)N1Cc1cccc([N+](=O)[O-])c1. The van der Waals surface area contributed by atoms with Gasteiger partial charge in [-0.3, -0.25) is 24.6 Å². The molecule has 0 bridgehead atoms. The van der Waals surface area contributed by atoms with Gasteiger partial charge in [0.25, 0.3) is 16.8 Å². The molecule has 0 unspecified atom stereocenters. The lowest BCUT2D eigenvalue weighted by Gasteiger charge is -2.12. The maximum atomic E-state index is 12.7. The zero-order valence-electron chi connectivity index (χ0n) is 14.1. The molecule has 2 amide bonds. The maximum Gasteiger partial charge on any atom is 0.293 e. The highest BCUT2D eigenvalue weighted by Gasteiger charge is 2.35.